The van der Waals surface area contributed by atoms with E-state index in [0.29, 0.717) is 13.0 Å². The lowest BCUT2D eigenvalue weighted by Crippen LogP contribution is -2.89. The molecule has 5 fully saturated rings. The van der Waals surface area contributed by atoms with E-state index < -0.39 is 23.1 Å². The topological polar surface area (TPSA) is 84.0 Å². The molecule has 0 aromatic heterocycles. The Bertz CT molecular complexity index is 347. The van der Waals surface area contributed by atoms with Crippen LogP contribution in [0.5, 0.6) is 0 Å². The fourth-order valence-electron chi connectivity index (χ4n) is 2.76. The van der Waals surface area contributed by atoms with Crippen molar-refractivity contribution in [3.63, 3.8) is 0 Å². The van der Waals surface area contributed by atoms with Crippen molar-refractivity contribution < 1.29 is 29.2 Å². The quantitative estimate of drug-likeness (QED) is 0.589. The third-order valence-corrected chi connectivity index (χ3v) is 3.72. The molecule has 6 heteroatoms. The van der Waals surface area contributed by atoms with Gasteiger partial charge in [0.1, 0.15) is 6.10 Å². The van der Waals surface area contributed by atoms with E-state index in [0.717, 1.165) is 6.42 Å². The van der Waals surface area contributed by atoms with Gasteiger partial charge in [0.05, 0.1) is 6.61 Å². The number of rotatable bonds is 4. The smallest absolute Gasteiger partial charge is 0.355 e. The Kier molecular flexibility index (Phi) is 1.16. The summed E-state index contributed by atoms with van der Waals surface area (Å²) in [6.07, 6.45) is 0.858. The van der Waals surface area contributed by atoms with E-state index in [1.807, 2.05) is 6.92 Å². The molecule has 84 valence electrons. The lowest BCUT2D eigenvalue weighted by molar-refractivity contribution is -0.632. The maximum Gasteiger partial charge on any atom is 0.355 e. The average molecular weight is 216 g/mol. The summed E-state index contributed by atoms with van der Waals surface area (Å²) in [6.45, 7) is 2.40. The zero-order valence-corrected chi connectivity index (χ0v) is 8.23. The summed E-state index contributed by atoms with van der Waals surface area (Å²) >= 11 is 0. The first-order valence-corrected chi connectivity index (χ1v) is 5.20. The van der Waals surface area contributed by atoms with Gasteiger partial charge in [-0.1, -0.05) is 13.3 Å². The second-order valence-corrected chi connectivity index (χ2v) is 4.62. The number of ether oxygens (including phenoxy) is 4. The van der Waals surface area contributed by atoms with Gasteiger partial charge < -0.3 is 14.9 Å². The number of hydrogen-bond donors (Lipinski definition) is 2. The first-order chi connectivity index (χ1) is 7.04. The van der Waals surface area contributed by atoms with E-state index in [2.05, 4.69) is 0 Å². The van der Waals surface area contributed by atoms with E-state index in [1.165, 1.54) is 0 Å². The van der Waals surface area contributed by atoms with E-state index in [-0.39, 0.29) is 6.10 Å². The lowest BCUT2D eigenvalue weighted by atomic mass is 9.74. The molecule has 5 aliphatic rings. The zero-order valence-electron chi connectivity index (χ0n) is 8.23. The van der Waals surface area contributed by atoms with Crippen molar-refractivity contribution in [1.29, 1.82) is 0 Å². The molecule has 5 aliphatic heterocycles. The molecule has 15 heavy (non-hydrogen) atoms. The highest BCUT2D eigenvalue weighted by Gasteiger charge is 3.11. The van der Waals surface area contributed by atoms with Gasteiger partial charge >= 0.3 is 11.8 Å². The van der Waals surface area contributed by atoms with Crippen LogP contribution in [-0.4, -0.2) is 46.1 Å². The molecular weight excluding hydrogens is 204 g/mol. The molecule has 0 radical (unpaired) electrons. The minimum atomic E-state index is -1.45. The molecule has 6 nitrogen and oxygen atoms in total. The predicted octanol–water partition coefficient (Wildman–Crippen LogP) is -0.954. The molecule has 2 N–H and O–H groups in total. The molecule has 0 aliphatic carbocycles. The monoisotopic (exact) mass is 216 g/mol. The summed E-state index contributed by atoms with van der Waals surface area (Å²) in [5, 5.41) is 20.4. The molecule has 5 heterocycles. The normalized spacial score (nSPS) is 62.2. The van der Waals surface area contributed by atoms with E-state index in [9.17, 15) is 10.2 Å². The summed E-state index contributed by atoms with van der Waals surface area (Å²) in [5.74, 6) is -4.13. The maximum absolute atomic E-state index is 10.5. The van der Waals surface area contributed by atoms with Gasteiger partial charge in [-0.15, -0.1) is 0 Å². The van der Waals surface area contributed by atoms with Crippen LogP contribution in [-0.2, 0) is 18.9 Å². The summed E-state index contributed by atoms with van der Waals surface area (Å²) in [7, 11) is 0. The fraction of sp³-hybridized carbons (Fsp3) is 1.00. The standard InChI is InChI=1S/C9H12O6/c1-2-3-6(10,5-4-12-5)8-7(11)9(13-7,14-8)15-8/h5,10-11H,2-4H2,1H3. The van der Waals surface area contributed by atoms with Gasteiger partial charge in [0, 0.05) is 0 Å². The molecule has 3 unspecified atom stereocenters. The van der Waals surface area contributed by atoms with E-state index >= 15 is 0 Å². The van der Waals surface area contributed by atoms with Crippen LogP contribution in [0.15, 0.2) is 0 Å². The maximum atomic E-state index is 10.5. The lowest BCUT2D eigenvalue weighted by Gasteiger charge is -2.62. The summed E-state index contributed by atoms with van der Waals surface area (Å²) in [6, 6.07) is 0. The molecule has 3 atom stereocenters. The zero-order chi connectivity index (χ0) is 10.5. The van der Waals surface area contributed by atoms with Crippen molar-refractivity contribution in [1.82, 2.24) is 0 Å². The third-order valence-electron chi connectivity index (χ3n) is 3.72. The van der Waals surface area contributed by atoms with Crippen LogP contribution in [0.1, 0.15) is 19.8 Å². The second kappa shape index (κ2) is 1.97. The molecule has 2 bridgehead atoms. The SMILES string of the molecule is CCCC(O)(C1CO1)C12OC3(OC31O)O2. The van der Waals surface area contributed by atoms with Crippen molar-refractivity contribution in [2.75, 3.05) is 6.61 Å². The van der Waals surface area contributed by atoms with Crippen LogP contribution >= 0.6 is 0 Å². The number of aliphatic hydroxyl groups is 2. The average Bonchev–Trinajstić information content (AvgIpc) is 2.98. The van der Waals surface area contributed by atoms with Gasteiger partial charge in [-0.2, -0.15) is 0 Å². The van der Waals surface area contributed by atoms with Crippen LogP contribution in [0.4, 0.5) is 0 Å². The van der Waals surface area contributed by atoms with E-state index in [1.54, 1.807) is 0 Å². The van der Waals surface area contributed by atoms with Gasteiger partial charge in [-0.25, -0.2) is 0 Å². The predicted molar refractivity (Wildman–Crippen MR) is 43.3 cm³/mol. The van der Waals surface area contributed by atoms with Gasteiger partial charge in [-0.05, 0) is 6.42 Å². The van der Waals surface area contributed by atoms with Crippen LogP contribution < -0.4 is 0 Å². The Labute approximate surface area is 85.7 Å². The first kappa shape index (κ1) is 8.86. The van der Waals surface area contributed by atoms with Crippen molar-refractivity contribution in [2.45, 2.75) is 49.0 Å². The molecule has 5 rings (SSSR count). The largest absolute Gasteiger partial charge is 0.381 e. The van der Waals surface area contributed by atoms with Gasteiger partial charge in [-0.3, -0.25) is 14.2 Å². The van der Waals surface area contributed by atoms with Crippen molar-refractivity contribution in [3.8, 4) is 0 Å². The molecular formula is C9H12O6. The van der Waals surface area contributed by atoms with Crippen molar-refractivity contribution in [3.05, 3.63) is 0 Å². The Morgan fingerprint density at radius 2 is 2.07 bits per heavy atom. The van der Waals surface area contributed by atoms with E-state index in [4.69, 9.17) is 18.9 Å². The fourth-order valence-corrected chi connectivity index (χ4v) is 2.76. The Morgan fingerprint density at radius 3 is 2.40 bits per heavy atom. The molecule has 0 amide bonds. The molecule has 0 saturated carbocycles. The van der Waals surface area contributed by atoms with Gasteiger partial charge in [0.25, 0.3) is 5.79 Å². The minimum absolute atomic E-state index is 0.330. The van der Waals surface area contributed by atoms with Crippen LogP contribution in [0.2, 0.25) is 0 Å². The summed E-state index contributed by atoms with van der Waals surface area (Å²) in [5.41, 5.74) is -1.31. The number of epoxide rings is 2. The summed E-state index contributed by atoms with van der Waals surface area (Å²) in [4.78, 5) is 0. The minimum Gasteiger partial charge on any atom is -0.381 e. The first-order valence-electron chi connectivity index (χ1n) is 5.20. The third kappa shape index (κ3) is 0.612. The van der Waals surface area contributed by atoms with Crippen molar-refractivity contribution in [2.24, 2.45) is 0 Å². The highest BCUT2D eigenvalue weighted by Crippen LogP contribution is 2.82. The molecule has 0 aromatic carbocycles. The van der Waals surface area contributed by atoms with Crippen LogP contribution in [0.25, 0.3) is 0 Å². The van der Waals surface area contributed by atoms with Crippen molar-refractivity contribution >= 4 is 0 Å². The molecule has 1 spiro atoms. The molecule has 0 aromatic rings. The highest BCUT2D eigenvalue weighted by atomic mass is 17.2. The van der Waals surface area contributed by atoms with Gasteiger partial charge in [0.15, 0.2) is 5.60 Å². The number of hydrogen-bond acceptors (Lipinski definition) is 6. The van der Waals surface area contributed by atoms with Crippen LogP contribution in [0, 0.1) is 0 Å². The van der Waals surface area contributed by atoms with Crippen LogP contribution in [0.3, 0.4) is 0 Å². The summed E-state index contributed by atoms with van der Waals surface area (Å²) < 4.78 is 20.6. The second-order valence-electron chi connectivity index (χ2n) is 4.62. The Morgan fingerprint density at radius 1 is 1.40 bits per heavy atom. The Hall–Kier alpha value is -0.240. The van der Waals surface area contributed by atoms with Gasteiger partial charge in [0.2, 0.25) is 0 Å². The highest BCUT2D eigenvalue weighted by molar-refractivity contribution is 5.34. The molecule has 5 saturated heterocycles. The Balaban J connectivity index is 1.69.